The standard InChI is InChI=1S/C21H26BCl.C11H17N3/c1-16(2)18-8-5-10-20(14-18)22(12-7-13-23)21-11-6-9-19(15-21)17(3)4;1-2-6-11-9-13-10-14(11)8-5-3-4-7-12/h5-11,13-17H,12H2,1-4H3;9-10H,2-6,8H2,1H3. The molecular formula is C32H43BClN3. The van der Waals surface area contributed by atoms with E-state index in [0.717, 1.165) is 38.5 Å². The Bertz CT molecular complexity index is 1080. The molecule has 0 radical (unpaired) electrons. The summed E-state index contributed by atoms with van der Waals surface area (Å²) in [5.74, 6) is 1.09. The Hall–Kier alpha value is -2.77. The fraction of sp³-hybridized carbons (Fsp3) is 0.438. The third kappa shape index (κ3) is 10.3. The molecule has 0 aliphatic rings. The topological polar surface area (TPSA) is 41.6 Å². The predicted octanol–water partition coefficient (Wildman–Crippen LogP) is 7.82. The van der Waals surface area contributed by atoms with Crippen molar-refractivity contribution in [3.8, 4) is 6.07 Å². The minimum absolute atomic E-state index is 0.349. The first-order chi connectivity index (χ1) is 17.9. The second kappa shape index (κ2) is 16.9. The van der Waals surface area contributed by atoms with E-state index in [1.54, 1.807) is 5.54 Å². The van der Waals surface area contributed by atoms with Gasteiger partial charge in [0.15, 0.2) is 0 Å². The maximum Gasteiger partial charge on any atom is 0.213 e. The molecule has 37 heavy (non-hydrogen) atoms. The molecule has 3 aromatic rings. The first-order valence-corrected chi connectivity index (χ1v) is 14.2. The normalized spacial score (nSPS) is 11.0. The Labute approximate surface area is 230 Å². The minimum Gasteiger partial charge on any atom is -0.335 e. The molecule has 0 bridgehead atoms. The van der Waals surface area contributed by atoms with Crippen LogP contribution in [0.5, 0.6) is 0 Å². The van der Waals surface area contributed by atoms with Gasteiger partial charge in [0, 0.05) is 24.9 Å². The summed E-state index contributed by atoms with van der Waals surface area (Å²) >= 11 is 5.80. The van der Waals surface area contributed by atoms with Gasteiger partial charge in [0.1, 0.15) is 0 Å². The van der Waals surface area contributed by atoms with E-state index in [0.29, 0.717) is 25.0 Å². The number of aromatic nitrogens is 2. The van der Waals surface area contributed by atoms with Gasteiger partial charge in [-0.3, -0.25) is 0 Å². The highest BCUT2D eigenvalue weighted by Gasteiger charge is 2.19. The molecule has 0 aliphatic carbocycles. The molecule has 0 N–H and O–H groups in total. The third-order valence-corrected chi connectivity index (χ3v) is 6.84. The van der Waals surface area contributed by atoms with Crippen LogP contribution >= 0.6 is 11.6 Å². The number of allylic oxidation sites excluding steroid dienone is 1. The van der Waals surface area contributed by atoms with Crippen LogP contribution in [0.15, 0.2) is 72.7 Å². The van der Waals surface area contributed by atoms with Crippen molar-refractivity contribution in [2.45, 2.75) is 91.4 Å². The number of hydrogen-bond donors (Lipinski definition) is 0. The molecule has 1 heterocycles. The number of nitriles is 1. The fourth-order valence-electron chi connectivity index (χ4n) is 4.42. The maximum atomic E-state index is 8.39. The van der Waals surface area contributed by atoms with E-state index < -0.39 is 0 Å². The highest BCUT2D eigenvalue weighted by Crippen LogP contribution is 2.15. The Morgan fingerprint density at radius 2 is 1.62 bits per heavy atom. The van der Waals surface area contributed by atoms with Crippen molar-refractivity contribution in [1.29, 1.82) is 5.26 Å². The summed E-state index contributed by atoms with van der Waals surface area (Å²) in [6.45, 7) is 12.5. The second-order valence-electron chi connectivity index (χ2n) is 10.2. The molecule has 3 nitrogen and oxygen atoms in total. The van der Waals surface area contributed by atoms with Crippen molar-refractivity contribution in [3.05, 3.63) is 89.5 Å². The van der Waals surface area contributed by atoms with Gasteiger partial charge in [0.25, 0.3) is 0 Å². The van der Waals surface area contributed by atoms with Crippen molar-refractivity contribution in [2.24, 2.45) is 0 Å². The molecule has 3 rings (SSSR count). The summed E-state index contributed by atoms with van der Waals surface area (Å²) in [6.07, 6.45) is 11.8. The largest absolute Gasteiger partial charge is 0.335 e. The van der Waals surface area contributed by atoms with Crippen LogP contribution in [0, 0.1) is 11.3 Å². The minimum atomic E-state index is 0.349. The Morgan fingerprint density at radius 1 is 1.00 bits per heavy atom. The lowest BCUT2D eigenvalue weighted by Gasteiger charge is -2.17. The Morgan fingerprint density at radius 3 is 2.14 bits per heavy atom. The molecule has 0 spiro atoms. The number of rotatable bonds is 12. The van der Waals surface area contributed by atoms with E-state index >= 15 is 0 Å². The van der Waals surface area contributed by atoms with E-state index in [9.17, 15) is 0 Å². The summed E-state index contributed by atoms with van der Waals surface area (Å²) in [6, 6.07) is 20.1. The van der Waals surface area contributed by atoms with Crippen LogP contribution in [0.4, 0.5) is 0 Å². The van der Waals surface area contributed by atoms with Crippen molar-refractivity contribution in [3.63, 3.8) is 0 Å². The van der Waals surface area contributed by atoms with Crippen LogP contribution in [-0.4, -0.2) is 16.3 Å². The van der Waals surface area contributed by atoms with Crippen LogP contribution in [0.2, 0.25) is 6.32 Å². The van der Waals surface area contributed by atoms with E-state index in [-0.39, 0.29) is 0 Å². The molecule has 1 aromatic heterocycles. The summed E-state index contributed by atoms with van der Waals surface area (Å²) < 4.78 is 2.20. The molecule has 0 amide bonds. The Balaban J connectivity index is 0.000000294. The van der Waals surface area contributed by atoms with Gasteiger partial charge in [-0.2, -0.15) is 5.26 Å². The fourth-order valence-corrected chi connectivity index (χ4v) is 4.52. The van der Waals surface area contributed by atoms with Crippen molar-refractivity contribution in [1.82, 2.24) is 9.55 Å². The van der Waals surface area contributed by atoms with Gasteiger partial charge in [-0.1, -0.05) is 118 Å². The molecule has 0 saturated carbocycles. The monoisotopic (exact) mass is 515 g/mol. The van der Waals surface area contributed by atoms with Gasteiger partial charge in [0.05, 0.1) is 12.4 Å². The average molecular weight is 516 g/mol. The van der Waals surface area contributed by atoms with E-state index in [1.807, 2.05) is 12.5 Å². The SMILES string of the molecule is CC(C)c1cccc(B(CC=CCl)c2cccc(C(C)C)c2)c1.CCCc1cncn1CCCCC#N. The van der Waals surface area contributed by atoms with Crippen LogP contribution in [0.1, 0.15) is 89.0 Å². The predicted molar refractivity (Wildman–Crippen MR) is 162 cm³/mol. The lowest BCUT2D eigenvalue weighted by Crippen LogP contribution is -2.42. The number of unbranched alkanes of at least 4 members (excludes halogenated alkanes) is 2. The molecule has 5 heteroatoms. The van der Waals surface area contributed by atoms with E-state index in [2.05, 4.69) is 105 Å². The van der Waals surface area contributed by atoms with E-state index in [1.165, 1.54) is 27.7 Å². The van der Waals surface area contributed by atoms with Crippen molar-refractivity contribution < 1.29 is 0 Å². The number of benzene rings is 2. The molecular weight excluding hydrogens is 473 g/mol. The Kier molecular flexibility index (Phi) is 13.9. The van der Waals surface area contributed by atoms with Crippen molar-refractivity contribution in [2.75, 3.05) is 0 Å². The van der Waals surface area contributed by atoms with Gasteiger partial charge in [-0.25, -0.2) is 4.98 Å². The summed E-state index contributed by atoms with van der Waals surface area (Å²) in [5, 5.41) is 8.39. The zero-order valence-corrected chi connectivity index (χ0v) is 24.1. The highest BCUT2D eigenvalue weighted by atomic mass is 35.5. The highest BCUT2D eigenvalue weighted by molar-refractivity contribution is 6.85. The number of imidazole rings is 1. The smallest absolute Gasteiger partial charge is 0.213 e. The van der Waals surface area contributed by atoms with Crippen LogP contribution in [0.25, 0.3) is 0 Å². The molecule has 0 fully saturated rings. The quantitative estimate of drug-likeness (QED) is 0.182. The van der Waals surface area contributed by atoms with Gasteiger partial charge < -0.3 is 4.57 Å². The molecule has 0 atom stereocenters. The molecule has 196 valence electrons. The zero-order valence-electron chi connectivity index (χ0n) is 23.3. The van der Waals surface area contributed by atoms with E-state index in [4.69, 9.17) is 16.9 Å². The molecule has 0 aliphatic heterocycles. The number of aryl methyl sites for hydroxylation is 2. The van der Waals surface area contributed by atoms with Crippen LogP contribution in [-0.2, 0) is 13.0 Å². The lowest BCUT2D eigenvalue weighted by atomic mass is 9.38. The van der Waals surface area contributed by atoms with Crippen LogP contribution in [0.3, 0.4) is 0 Å². The van der Waals surface area contributed by atoms with Gasteiger partial charge in [0.2, 0.25) is 6.71 Å². The number of nitrogens with zero attached hydrogens (tertiary/aromatic N) is 3. The van der Waals surface area contributed by atoms with Gasteiger partial charge in [-0.05, 0) is 54.1 Å². The van der Waals surface area contributed by atoms with Gasteiger partial charge in [-0.15, -0.1) is 0 Å². The first-order valence-electron chi connectivity index (χ1n) is 13.7. The summed E-state index contributed by atoms with van der Waals surface area (Å²) in [7, 11) is 0. The average Bonchev–Trinajstić information content (AvgIpc) is 3.35. The lowest BCUT2D eigenvalue weighted by molar-refractivity contribution is 0.592. The van der Waals surface area contributed by atoms with Crippen molar-refractivity contribution >= 4 is 29.2 Å². The second-order valence-corrected chi connectivity index (χ2v) is 10.5. The maximum absolute atomic E-state index is 8.39. The molecule has 2 aromatic carbocycles. The zero-order chi connectivity index (χ0) is 27.0. The number of halogens is 1. The molecule has 0 unspecified atom stereocenters. The summed E-state index contributed by atoms with van der Waals surface area (Å²) in [4.78, 5) is 4.14. The third-order valence-electron chi connectivity index (χ3n) is 6.66. The van der Waals surface area contributed by atoms with Gasteiger partial charge >= 0.3 is 0 Å². The first kappa shape index (κ1) is 30.5. The van der Waals surface area contributed by atoms with Crippen LogP contribution < -0.4 is 10.9 Å². The summed E-state index contributed by atoms with van der Waals surface area (Å²) in [5.41, 5.74) is 8.46. The number of hydrogen-bond acceptors (Lipinski definition) is 2. The molecule has 0 saturated heterocycles.